The summed E-state index contributed by atoms with van der Waals surface area (Å²) in [6.45, 7) is 4.68. The van der Waals surface area contributed by atoms with Gasteiger partial charge in [-0.05, 0) is 36.1 Å². The van der Waals surface area contributed by atoms with Gasteiger partial charge in [-0.1, -0.05) is 121 Å². The van der Waals surface area contributed by atoms with Crippen LogP contribution in [0.1, 0.15) is 42.0 Å². The van der Waals surface area contributed by atoms with E-state index in [1.807, 2.05) is 110 Å². The van der Waals surface area contributed by atoms with E-state index >= 15 is 0 Å². The van der Waals surface area contributed by atoms with Crippen molar-refractivity contribution in [2.24, 2.45) is 0 Å². The highest BCUT2D eigenvalue weighted by Crippen LogP contribution is 2.24. The quantitative estimate of drug-likeness (QED) is 0.157. The molecule has 0 radical (unpaired) electrons. The zero-order valence-corrected chi connectivity index (χ0v) is 24.4. The highest BCUT2D eigenvalue weighted by molar-refractivity contribution is 5.79. The molecule has 0 bridgehead atoms. The first-order valence-corrected chi connectivity index (χ1v) is 13.7. The fraction of sp³-hybridized carbons (Fsp3) is 0.250. The monoisotopic (exact) mass is 554 g/mol. The van der Waals surface area contributed by atoms with Crippen molar-refractivity contribution in [3.05, 3.63) is 150 Å². The molecule has 0 saturated heterocycles. The number of methoxy groups -OCH3 is 2. The molecule has 41 heavy (non-hydrogen) atoms. The molecule has 0 heterocycles. The van der Waals surface area contributed by atoms with E-state index in [0.29, 0.717) is 13.2 Å². The Bertz CT molecular complexity index is 1150. The van der Waals surface area contributed by atoms with Crippen LogP contribution in [0, 0.1) is 0 Å². The van der Waals surface area contributed by atoms with E-state index in [9.17, 15) is 4.79 Å². The molecule has 0 aliphatic carbocycles. The first-order chi connectivity index (χ1) is 20.0. The molecular formula is C36H42O5. The predicted molar refractivity (Wildman–Crippen MR) is 167 cm³/mol. The Morgan fingerprint density at radius 3 is 1.37 bits per heavy atom. The second-order valence-electron chi connectivity index (χ2n) is 9.41. The van der Waals surface area contributed by atoms with E-state index in [1.165, 1.54) is 0 Å². The van der Waals surface area contributed by atoms with Crippen LogP contribution < -0.4 is 0 Å². The highest BCUT2D eigenvalue weighted by atomic mass is 16.5. The molecule has 0 aromatic heterocycles. The molecule has 1 N–H and O–H groups in total. The van der Waals surface area contributed by atoms with E-state index in [0.717, 1.165) is 34.1 Å². The zero-order chi connectivity index (χ0) is 29.7. The van der Waals surface area contributed by atoms with E-state index < -0.39 is 0 Å². The van der Waals surface area contributed by atoms with Crippen LogP contribution in [0.15, 0.2) is 128 Å². The summed E-state index contributed by atoms with van der Waals surface area (Å²) >= 11 is 0. The molecule has 0 fully saturated rings. The largest absolute Gasteiger partial charge is 0.495 e. The van der Waals surface area contributed by atoms with Crippen LogP contribution in [0.3, 0.4) is 0 Å². The molecule has 0 aliphatic heterocycles. The van der Waals surface area contributed by atoms with Gasteiger partial charge in [0.1, 0.15) is 12.4 Å². The molecule has 0 aliphatic rings. The Kier molecular flexibility index (Phi) is 16.1. The summed E-state index contributed by atoms with van der Waals surface area (Å²) in [6.07, 6.45) is 2.52. The van der Waals surface area contributed by atoms with Gasteiger partial charge in [0, 0.05) is 19.8 Å². The maximum absolute atomic E-state index is 11.1. The molecular weight excluding hydrogens is 512 g/mol. The molecule has 4 aromatic carbocycles. The summed E-state index contributed by atoms with van der Waals surface area (Å²) in [7, 11) is 3.24. The Balaban J connectivity index is 0.000000246. The second-order valence-corrected chi connectivity index (χ2v) is 9.41. The van der Waals surface area contributed by atoms with E-state index in [-0.39, 0.29) is 18.1 Å². The molecule has 0 amide bonds. The third-order valence-electron chi connectivity index (χ3n) is 5.85. The van der Waals surface area contributed by atoms with E-state index in [2.05, 4.69) is 29.0 Å². The summed E-state index contributed by atoms with van der Waals surface area (Å²) in [4.78, 5) is 11.1. The third-order valence-corrected chi connectivity index (χ3v) is 5.85. The number of carbonyl (C=O) groups excluding carboxylic acids is 1. The van der Waals surface area contributed by atoms with Crippen molar-refractivity contribution >= 4 is 11.9 Å². The number of aliphatic hydroxyl groups is 1. The van der Waals surface area contributed by atoms with Gasteiger partial charge < -0.3 is 24.1 Å². The predicted octanol–water partition coefficient (Wildman–Crippen LogP) is 7.16. The summed E-state index contributed by atoms with van der Waals surface area (Å²) < 4.78 is 15.4. The first-order valence-electron chi connectivity index (χ1n) is 13.7. The normalized spacial score (nSPS) is 11.6. The Labute approximate surface area is 245 Å². The van der Waals surface area contributed by atoms with Crippen LogP contribution >= 0.6 is 0 Å². The van der Waals surface area contributed by atoms with Gasteiger partial charge in [0.15, 0.2) is 0 Å². The smallest absolute Gasteiger partial charge is 0.131 e. The molecule has 5 heteroatoms. The van der Waals surface area contributed by atoms with Gasteiger partial charge in [-0.2, -0.15) is 0 Å². The number of carbonyl (C=O) groups is 1. The van der Waals surface area contributed by atoms with Gasteiger partial charge in [-0.15, -0.1) is 0 Å². The van der Waals surface area contributed by atoms with Crippen molar-refractivity contribution < 1.29 is 24.1 Å². The fourth-order valence-electron chi connectivity index (χ4n) is 3.91. The minimum atomic E-state index is -0.324. The highest BCUT2D eigenvalue weighted by Gasteiger charge is 2.11. The lowest BCUT2D eigenvalue weighted by molar-refractivity contribution is -0.108. The van der Waals surface area contributed by atoms with Gasteiger partial charge in [-0.3, -0.25) is 0 Å². The van der Waals surface area contributed by atoms with Crippen molar-refractivity contribution in [3.63, 3.8) is 0 Å². The topological polar surface area (TPSA) is 65.0 Å². The van der Waals surface area contributed by atoms with Crippen LogP contribution in [0.25, 0.3) is 5.57 Å². The van der Waals surface area contributed by atoms with Gasteiger partial charge in [0.2, 0.25) is 0 Å². The van der Waals surface area contributed by atoms with Crippen LogP contribution in [-0.2, 0) is 19.0 Å². The SMILES string of the molecule is COCC(C)O.COCC(C)OC=C(c1ccccc1)c1ccccc1.O=CC(c1ccccc1)c1ccccc1. The molecule has 4 aromatic rings. The summed E-state index contributed by atoms with van der Waals surface area (Å²) in [6, 6.07) is 40.1. The molecule has 5 nitrogen and oxygen atoms in total. The maximum atomic E-state index is 11.1. The summed E-state index contributed by atoms with van der Waals surface area (Å²) in [5, 5.41) is 8.43. The summed E-state index contributed by atoms with van der Waals surface area (Å²) in [5.41, 5.74) is 5.44. The average Bonchev–Trinajstić information content (AvgIpc) is 3.01. The van der Waals surface area contributed by atoms with Crippen molar-refractivity contribution in [1.82, 2.24) is 0 Å². The number of benzene rings is 4. The number of hydrogen-bond acceptors (Lipinski definition) is 5. The molecule has 0 spiro atoms. The maximum Gasteiger partial charge on any atom is 0.131 e. The first kappa shape index (κ1) is 33.2. The molecule has 216 valence electrons. The number of rotatable bonds is 11. The number of aliphatic hydroxyl groups excluding tert-OH is 1. The molecule has 2 unspecified atom stereocenters. The third kappa shape index (κ3) is 12.8. The van der Waals surface area contributed by atoms with Crippen molar-refractivity contribution in [2.45, 2.75) is 32.0 Å². The van der Waals surface area contributed by atoms with E-state index in [1.54, 1.807) is 21.1 Å². The van der Waals surface area contributed by atoms with Crippen LogP contribution in [0.5, 0.6) is 0 Å². The minimum absolute atomic E-state index is 0.0300. The Morgan fingerprint density at radius 2 is 1.05 bits per heavy atom. The van der Waals surface area contributed by atoms with Crippen molar-refractivity contribution in [2.75, 3.05) is 27.4 Å². The molecule has 0 saturated carbocycles. The van der Waals surface area contributed by atoms with Crippen LogP contribution in [0.4, 0.5) is 0 Å². The van der Waals surface area contributed by atoms with Crippen molar-refractivity contribution in [3.8, 4) is 0 Å². The van der Waals surface area contributed by atoms with Gasteiger partial charge >= 0.3 is 0 Å². The number of aldehydes is 1. The average molecular weight is 555 g/mol. The second kappa shape index (κ2) is 19.9. The number of hydrogen-bond donors (Lipinski definition) is 1. The van der Waals surface area contributed by atoms with Crippen molar-refractivity contribution in [1.29, 1.82) is 0 Å². The zero-order valence-electron chi connectivity index (χ0n) is 24.4. The van der Waals surface area contributed by atoms with Crippen LogP contribution in [0.2, 0.25) is 0 Å². The van der Waals surface area contributed by atoms with Gasteiger partial charge in [-0.25, -0.2) is 0 Å². The molecule has 4 rings (SSSR count). The fourth-order valence-corrected chi connectivity index (χ4v) is 3.91. The Morgan fingerprint density at radius 1 is 0.659 bits per heavy atom. The van der Waals surface area contributed by atoms with E-state index in [4.69, 9.17) is 14.6 Å². The Hall–Kier alpha value is -4.03. The standard InChI is InChI=1S/C18H20O2.C14H12O.C4H10O2/c1-15(13-19-2)20-14-18(16-9-5-3-6-10-16)17-11-7-4-8-12-17;15-11-14(12-7-3-1-4-8-12)13-9-5-2-6-10-13;1-4(5)3-6-2/h3-12,14-15H,13H2,1-2H3;1-11,14H;4-5H,3H2,1-2H3. The lowest BCUT2D eigenvalue weighted by Gasteiger charge is -2.13. The van der Waals surface area contributed by atoms with Gasteiger partial charge in [0.05, 0.1) is 31.5 Å². The number of ether oxygens (including phenoxy) is 3. The van der Waals surface area contributed by atoms with Crippen LogP contribution in [-0.4, -0.2) is 51.0 Å². The minimum Gasteiger partial charge on any atom is -0.495 e. The van der Waals surface area contributed by atoms with Gasteiger partial charge in [0.25, 0.3) is 0 Å². The molecule has 2 atom stereocenters. The lowest BCUT2D eigenvalue weighted by atomic mass is 9.93. The lowest BCUT2D eigenvalue weighted by Crippen LogP contribution is -2.11. The summed E-state index contributed by atoms with van der Waals surface area (Å²) in [5.74, 6) is -0.146.